The van der Waals surface area contributed by atoms with E-state index in [0.717, 1.165) is 0 Å². The minimum absolute atomic E-state index is 0.236. The lowest BCUT2D eigenvalue weighted by Crippen LogP contribution is -2.12. The van der Waals surface area contributed by atoms with Gasteiger partial charge < -0.3 is 5.32 Å². The molecule has 1 aromatic heterocycles. The van der Waals surface area contributed by atoms with E-state index in [2.05, 4.69) is 15.3 Å². The number of amides is 1. The molecule has 0 spiro atoms. The first-order valence-electron chi connectivity index (χ1n) is 6.77. The van der Waals surface area contributed by atoms with Crippen LogP contribution in [0.2, 0.25) is 0 Å². The molecule has 6 heteroatoms. The van der Waals surface area contributed by atoms with Crippen molar-refractivity contribution in [2.75, 3.05) is 5.32 Å². The van der Waals surface area contributed by atoms with Crippen LogP contribution in [-0.2, 0) is 0 Å². The fourth-order valence-corrected chi connectivity index (χ4v) is 1.96. The quantitative estimate of drug-likeness (QED) is 0.803. The summed E-state index contributed by atoms with van der Waals surface area (Å²) in [5.41, 5.74) is 1.22. The summed E-state index contributed by atoms with van der Waals surface area (Å²) in [5, 5.41) is 2.56. The number of rotatable bonds is 3. The van der Waals surface area contributed by atoms with E-state index in [9.17, 15) is 13.6 Å². The second-order valence-electron chi connectivity index (χ2n) is 4.77. The van der Waals surface area contributed by atoms with Crippen molar-refractivity contribution in [1.82, 2.24) is 9.97 Å². The van der Waals surface area contributed by atoms with Crippen molar-refractivity contribution in [2.45, 2.75) is 0 Å². The van der Waals surface area contributed by atoms with Crippen LogP contribution in [0.3, 0.4) is 0 Å². The summed E-state index contributed by atoms with van der Waals surface area (Å²) in [6.07, 6.45) is 2.72. The number of hydrogen-bond acceptors (Lipinski definition) is 3. The van der Waals surface area contributed by atoms with Crippen LogP contribution in [0.15, 0.2) is 60.9 Å². The first-order chi connectivity index (χ1) is 11.1. The second kappa shape index (κ2) is 6.31. The monoisotopic (exact) mass is 311 g/mol. The third-order valence-corrected chi connectivity index (χ3v) is 3.10. The van der Waals surface area contributed by atoms with Gasteiger partial charge in [0.1, 0.15) is 11.6 Å². The summed E-state index contributed by atoms with van der Waals surface area (Å²) in [5.74, 6) is -0.848. The summed E-state index contributed by atoms with van der Waals surface area (Å²) in [6, 6.07) is 11.3. The lowest BCUT2D eigenvalue weighted by Gasteiger charge is -2.05. The van der Waals surface area contributed by atoms with E-state index in [1.165, 1.54) is 42.7 Å². The summed E-state index contributed by atoms with van der Waals surface area (Å²) >= 11 is 0. The Morgan fingerprint density at radius 3 is 2.26 bits per heavy atom. The Labute approximate surface area is 130 Å². The molecule has 3 aromatic rings. The number of benzene rings is 2. The third kappa shape index (κ3) is 3.55. The Morgan fingerprint density at radius 1 is 0.913 bits per heavy atom. The Hall–Kier alpha value is -3.15. The number of carbonyl (C=O) groups is 1. The minimum atomic E-state index is -0.443. The molecule has 0 fully saturated rings. The zero-order valence-electron chi connectivity index (χ0n) is 11.8. The number of hydrogen-bond donors (Lipinski definition) is 1. The van der Waals surface area contributed by atoms with Crippen molar-refractivity contribution in [3.63, 3.8) is 0 Å². The summed E-state index contributed by atoms with van der Waals surface area (Å²) in [4.78, 5) is 20.2. The van der Waals surface area contributed by atoms with E-state index in [0.29, 0.717) is 17.1 Å². The van der Waals surface area contributed by atoms with Crippen LogP contribution in [0.25, 0.3) is 11.4 Å². The third-order valence-electron chi connectivity index (χ3n) is 3.10. The molecule has 0 radical (unpaired) electrons. The lowest BCUT2D eigenvalue weighted by molar-refractivity contribution is 0.102. The van der Waals surface area contributed by atoms with E-state index in [1.54, 1.807) is 18.2 Å². The summed E-state index contributed by atoms with van der Waals surface area (Å²) < 4.78 is 26.0. The molecule has 114 valence electrons. The Balaban J connectivity index is 1.76. The molecule has 0 saturated carbocycles. The van der Waals surface area contributed by atoms with Gasteiger partial charge in [-0.15, -0.1) is 0 Å². The highest BCUT2D eigenvalue weighted by Gasteiger charge is 2.09. The van der Waals surface area contributed by atoms with E-state index < -0.39 is 11.7 Å². The average Bonchev–Trinajstić information content (AvgIpc) is 2.56. The van der Waals surface area contributed by atoms with E-state index >= 15 is 0 Å². The van der Waals surface area contributed by atoms with Crippen molar-refractivity contribution in [2.24, 2.45) is 0 Å². The molecule has 0 aliphatic rings. The predicted molar refractivity (Wildman–Crippen MR) is 81.8 cm³/mol. The van der Waals surface area contributed by atoms with Crippen LogP contribution in [0.1, 0.15) is 10.4 Å². The first-order valence-corrected chi connectivity index (χ1v) is 6.77. The molecule has 2 aromatic carbocycles. The molecule has 0 atom stereocenters. The van der Waals surface area contributed by atoms with Crippen molar-refractivity contribution in [1.29, 1.82) is 0 Å². The SMILES string of the molecule is O=C(Nc1cccc(F)c1)c1cnc(-c2ccc(F)cc2)nc1. The normalized spacial score (nSPS) is 10.3. The molecule has 0 bridgehead atoms. The van der Waals surface area contributed by atoms with E-state index in [-0.39, 0.29) is 11.4 Å². The topological polar surface area (TPSA) is 54.9 Å². The zero-order valence-corrected chi connectivity index (χ0v) is 11.8. The van der Waals surface area contributed by atoms with Gasteiger partial charge in [-0.3, -0.25) is 4.79 Å². The molecule has 23 heavy (non-hydrogen) atoms. The molecule has 3 rings (SSSR count). The van der Waals surface area contributed by atoms with Crippen LogP contribution in [0.5, 0.6) is 0 Å². The molecule has 0 saturated heterocycles. The van der Waals surface area contributed by atoms with Gasteiger partial charge in [-0.25, -0.2) is 18.7 Å². The number of aromatic nitrogens is 2. The second-order valence-corrected chi connectivity index (χ2v) is 4.77. The molecule has 0 aliphatic heterocycles. The van der Waals surface area contributed by atoms with Gasteiger partial charge in [0.15, 0.2) is 5.82 Å². The van der Waals surface area contributed by atoms with Crippen molar-refractivity contribution < 1.29 is 13.6 Å². The molecule has 1 amide bonds. The van der Waals surface area contributed by atoms with Crippen LogP contribution in [0.4, 0.5) is 14.5 Å². The van der Waals surface area contributed by atoms with Crippen molar-refractivity contribution in [3.8, 4) is 11.4 Å². The van der Waals surface area contributed by atoms with Crippen LogP contribution >= 0.6 is 0 Å². The summed E-state index contributed by atoms with van der Waals surface area (Å²) in [6.45, 7) is 0. The maximum Gasteiger partial charge on any atom is 0.258 e. The number of halogens is 2. The summed E-state index contributed by atoms with van der Waals surface area (Å²) in [7, 11) is 0. The van der Waals surface area contributed by atoms with Gasteiger partial charge in [0, 0.05) is 23.6 Å². The lowest BCUT2D eigenvalue weighted by atomic mass is 10.2. The molecular formula is C17H11F2N3O. The highest BCUT2D eigenvalue weighted by molar-refractivity contribution is 6.03. The molecule has 1 N–H and O–H groups in total. The predicted octanol–water partition coefficient (Wildman–Crippen LogP) is 3.67. The van der Waals surface area contributed by atoms with Gasteiger partial charge >= 0.3 is 0 Å². The van der Waals surface area contributed by atoms with E-state index in [4.69, 9.17) is 0 Å². The molecular weight excluding hydrogens is 300 g/mol. The zero-order chi connectivity index (χ0) is 16.2. The number of anilines is 1. The highest BCUT2D eigenvalue weighted by atomic mass is 19.1. The molecule has 0 aliphatic carbocycles. The molecule has 1 heterocycles. The van der Waals surface area contributed by atoms with Gasteiger partial charge in [-0.2, -0.15) is 0 Å². The van der Waals surface area contributed by atoms with Crippen LogP contribution in [0, 0.1) is 11.6 Å². The van der Waals surface area contributed by atoms with Gasteiger partial charge in [0.2, 0.25) is 0 Å². The minimum Gasteiger partial charge on any atom is -0.322 e. The smallest absolute Gasteiger partial charge is 0.258 e. The van der Waals surface area contributed by atoms with Crippen LogP contribution < -0.4 is 5.32 Å². The first kappa shape index (κ1) is 14.8. The Kier molecular flexibility index (Phi) is 4.05. The Morgan fingerprint density at radius 2 is 1.61 bits per heavy atom. The average molecular weight is 311 g/mol. The van der Waals surface area contributed by atoms with E-state index in [1.807, 2.05) is 0 Å². The van der Waals surface area contributed by atoms with Gasteiger partial charge in [-0.1, -0.05) is 6.07 Å². The molecule has 0 unspecified atom stereocenters. The standard InChI is InChI=1S/C17H11F2N3O/c18-13-6-4-11(5-7-13)16-20-9-12(10-21-16)17(23)22-15-3-1-2-14(19)8-15/h1-10H,(H,22,23). The maximum absolute atomic E-state index is 13.1. The van der Waals surface area contributed by atoms with Crippen molar-refractivity contribution in [3.05, 3.63) is 78.1 Å². The van der Waals surface area contributed by atoms with Crippen molar-refractivity contribution >= 4 is 11.6 Å². The van der Waals surface area contributed by atoms with Crippen LogP contribution in [-0.4, -0.2) is 15.9 Å². The maximum atomic E-state index is 13.1. The largest absolute Gasteiger partial charge is 0.322 e. The fourth-order valence-electron chi connectivity index (χ4n) is 1.96. The number of nitrogens with zero attached hydrogens (tertiary/aromatic N) is 2. The fraction of sp³-hybridized carbons (Fsp3) is 0. The van der Waals surface area contributed by atoms with Gasteiger partial charge in [-0.05, 0) is 42.5 Å². The Bertz CT molecular complexity index is 833. The number of nitrogens with one attached hydrogen (secondary N) is 1. The van der Waals surface area contributed by atoms with Gasteiger partial charge in [0.25, 0.3) is 5.91 Å². The highest BCUT2D eigenvalue weighted by Crippen LogP contribution is 2.15. The van der Waals surface area contributed by atoms with Gasteiger partial charge in [0.05, 0.1) is 5.56 Å². The number of carbonyl (C=O) groups excluding carboxylic acids is 1. The molecule has 4 nitrogen and oxygen atoms in total.